The van der Waals surface area contributed by atoms with Gasteiger partial charge in [0.1, 0.15) is 6.04 Å². The van der Waals surface area contributed by atoms with Gasteiger partial charge >= 0.3 is 0 Å². The summed E-state index contributed by atoms with van der Waals surface area (Å²) in [6, 6.07) is 14.1. The number of thioether (sulfide) groups is 1. The van der Waals surface area contributed by atoms with Crippen LogP contribution in [0, 0.1) is 10.1 Å². The zero-order valence-electron chi connectivity index (χ0n) is 16.1. The molecule has 0 heterocycles. The molecule has 156 valence electrons. The smallest absolute Gasteiger partial charge is 0.271 e. The molecule has 0 bridgehead atoms. The van der Waals surface area contributed by atoms with E-state index in [0.29, 0.717) is 12.3 Å². The molecule has 1 atom stereocenters. The van der Waals surface area contributed by atoms with Crippen molar-refractivity contribution in [3.63, 3.8) is 0 Å². The van der Waals surface area contributed by atoms with Crippen LogP contribution in [0.1, 0.15) is 12.5 Å². The number of amides is 1. The van der Waals surface area contributed by atoms with Gasteiger partial charge in [-0.1, -0.05) is 36.4 Å². The van der Waals surface area contributed by atoms with Crippen LogP contribution >= 0.6 is 11.8 Å². The first kappa shape index (κ1) is 22.7. The summed E-state index contributed by atoms with van der Waals surface area (Å²) in [6.07, 6.45) is 0.964. The first-order chi connectivity index (χ1) is 13.7. The summed E-state index contributed by atoms with van der Waals surface area (Å²) in [5.41, 5.74) is 1.01. The lowest BCUT2D eigenvalue weighted by Crippen LogP contribution is -2.48. The molecule has 0 aliphatic rings. The van der Waals surface area contributed by atoms with Gasteiger partial charge in [0, 0.05) is 30.2 Å². The third-order valence-corrected chi connectivity index (χ3v) is 6.31. The van der Waals surface area contributed by atoms with Crippen LogP contribution in [0.5, 0.6) is 0 Å². The molecule has 1 unspecified atom stereocenters. The number of nitro benzene ring substituents is 1. The highest BCUT2D eigenvalue weighted by Gasteiger charge is 2.29. The Morgan fingerprint density at radius 3 is 2.52 bits per heavy atom. The van der Waals surface area contributed by atoms with E-state index >= 15 is 0 Å². The number of nitro groups is 1. The minimum Gasteiger partial charge on any atom is -0.353 e. The minimum atomic E-state index is -3.83. The molecule has 0 saturated carbocycles. The molecule has 0 aliphatic heterocycles. The SMILES string of the molecule is CC(C(=O)NCCSCc1ccccc1)N(c1cccc([N+](=O)[O-])c1)S(C)(=O)=O. The van der Waals surface area contributed by atoms with Gasteiger partial charge in [0.15, 0.2) is 0 Å². The van der Waals surface area contributed by atoms with E-state index in [9.17, 15) is 23.3 Å². The van der Waals surface area contributed by atoms with Crippen molar-refractivity contribution in [2.24, 2.45) is 0 Å². The number of hydrogen-bond donors (Lipinski definition) is 1. The molecule has 10 heteroatoms. The van der Waals surface area contributed by atoms with Gasteiger partial charge in [0.05, 0.1) is 16.9 Å². The fraction of sp³-hybridized carbons (Fsp3) is 0.316. The van der Waals surface area contributed by atoms with E-state index in [1.807, 2.05) is 30.3 Å². The highest BCUT2D eigenvalue weighted by atomic mass is 32.2. The van der Waals surface area contributed by atoms with E-state index < -0.39 is 26.9 Å². The van der Waals surface area contributed by atoms with Crippen LogP contribution in [0.3, 0.4) is 0 Å². The molecule has 0 radical (unpaired) electrons. The number of nitrogens with zero attached hydrogens (tertiary/aromatic N) is 2. The van der Waals surface area contributed by atoms with Crippen molar-refractivity contribution >= 4 is 39.1 Å². The highest BCUT2D eigenvalue weighted by Crippen LogP contribution is 2.25. The summed E-state index contributed by atoms with van der Waals surface area (Å²) in [7, 11) is -3.83. The average molecular weight is 438 g/mol. The van der Waals surface area contributed by atoms with Crippen molar-refractivity contribution in [3.05, 3.63) is 70.3 Å². The number of hydrogen-bond acceptors (Lipinski definition) is 6. The van der Waals surface area contributed by atoms with Gasteiger partial charge in [-0.2, -0.15) is 11.8 Å². The van der Waals surface area contributed by atoms with E-state index in [-0.39, 0.29) is 11.4 Å². The Morgan fingerprint density at radius 2 is 1.90 bits per heavy atom. The molecule has 1 amide bonds. The molecule has 0 spiro atoms. The summed E-state index contributed by atoms with van der Waals surface area (Å²) in [4.78, 5) is 22.9. The van der Waals surface area contributed by atoms with Gasteiger partial charge < -0.3 is 5.32 Å². The Balaban J connectivity index is 1.98. The molecular formula is C19H23N3O5S2. The molecule has 8 nitrogen and oxygen atoms in total. The summed E-state index contributed by atoms with van der Waals surface area (Å²) in [6.45, 7) is 1.83. The first-order valence-electron chi connectivity index (χ1n) is 8.83. The Morgan fingerprint density at radius 1 is 1.21 bits per heavy atom. The van der Waals surface area contributed by atoms with Crippen LogP contribution in [-0.2, 0) is 20.6 Å². The predicted molar refractivity (Wildman–Crippen MR) is 115 cm³/mol. The third kappa shape index (κ3) is 6.75. The molecule has 2 aromatic carbocycles. The lowest BCUT2D eigenvalue weighted by atomic mass is 10.2. The second kappa shape index (κ2) is 10.3. The zero-order chi connectivity index (χ0) is 21.4. The predicted octanol–water partition coefficient (Wildman–Crippen LogP) is 2.80. The number of sulfonamides is 1. The number of nitrogens with one attached hydrogen (secondary N) is 1. The standard InChI is InChI=1S/C19H23N3O5S2/c1-15(19(23)20-11-12-28-14-16-7-4-3-5-8-16)21(29(2,26)27)17-9-6-10-18(13-17)22(24)25/h3-10,13,15H,11-12,14H2,1-2H3,(H,20,23). The molecule has 0 aromatic heterocycles. The number of anilines is 1. The second-order valence-corrected chi connectivity index (χ2v) is 9.31. The van der Waals surface area contributed by atoms with Gasteiger partial charge in [-0.3, -0.25) is 19.2 Å². The number of carbonyl (C=O) groups is 1. The topological polar surface area (TPSA) is 110 Å². The van der Waals surface area contributed by atoms with E-state index in [0.717, 1.165) is 22.4 Å². The van der Waals surface area contributed by atoms with Crippen molar-refractivity contribution in [1.29, 1.82) is 0 Å². The maximum Gasteiger partial charge on any atom is 0.271 e. The number of rotatable bonds is 10. The normalized spacial score (nSPS) is 12.2. The van der Waals surface area contributed by atoms with Gasteiger partial charge in [0.2, 0.25) is 15.9 Å². The maximum absolute atomic E-state index is 12.5. The summed E-state index contributed by atoms with van der Waals surface area (Å²) >= 11 is 1.65. The lowest BCUT2D eigenvalue weighted by Gasteiger charge is -2.28. The fourth-order valence-corrected chi connectivity index (χ4v) is 4.70. The lowest BCUT2D eigenvalue weighted by molar-refractivity contribution is -0.384. The van der Waals surface area contributed by atoms with Crippen LogP contribution in [0.2, 0.25) is 0 Å². The Bertz CT molecular complexity index is 951. The largest absolute Gasteiger partial charge is 0.353 e. The van der Waals surface area contributed by atoms with E-state index in [4.69, 9.17) is 0 Å². The number of non-ortho nitro benzene ring substituents is 1. The first-order valence-corrected chi connectivity index (χ1v) is 11.8. The molecular weight excluding hydrogens is 414 g/mol. The zero-order valence-corrected chi connectivity index (χ0v) is 17.8. The monoisotopic (exact) mass is 437 g/mol. The molecule has 2 aromatic rings. The Hall–Kier alpha value is -2.59. The van der Waals surface area contributed by atoms with Crippen LogP contribution in [0.4, 0.5) is 11.4 Å². The summed E-state index contributed by atoms with van der Waals surface area (Å²) < 4.78 is 25.4. The van der Waals surface area contributed by atoms with Crippen LogP contribution in [0.25, 0.3) is 0 Å². The van der Waals surface area contributed by atoms with Crippen LogP contribution < -0.4 is 9.62 Å². The molecule has 1 N–H and O–H groups in total. The number of benzene rings is 2. The quantitative estimate of drug-likeness (QED) is 0.348. The average Bonchev–Trinajstić information content (AvgIpc) is 2.67. The van der Waals surface area contributed by atoms with Gasteiger partial charge in [-0.05, 0) is 18.6 Å². The van der Waals surface area contributed by atoms with Crippen LogP contribution in [0.15, 0.2) is 54.6 Å². The van der Waals surface area contributed by atoms with Crippen molar-refractivity contribution in [1.82, 2.24) is 5.32 Å². The van der Waals surface area contributed by atoms with Crippen LogP contribution in [-0.4, -0.2) is 43.8 Å². The van der Waals surface area contributed by atoms with Crippen molar-refractivity contribution in [3.8, 4) is 0 Å². The van der Waals surface area contributed by atoms with E-state index in [1.165, 1.54) is 30.7 Å². The van der Waals surface area contributed by atoms with Gasteiger partial charge in [0.25, 0.3) is 5.69 Å². The summed E-state index contributed by atoms with van der Waals surface area (Å²) in [5, 5.41) is 13.7. The highest BCUT2D eigenvalue weighted by molar-refractivity contribution is 7.98. The summed E-state index contributed by atoms with van der Waals surface area (Å²) in [5.74, 6) is 1.01. The third-order valence-electron chi connectivity index (χ3n) is 4.04. The Kier molecular flexibility index (Phi) is 8.03. The van der Waals surface area contributed by atoms with E-state index in [2.05, 4.69) is 5.32 Å². The Labute approximate surface area is 174 Å². The molecule has 29 heavy (non-hydrogen) atoms. The molecule has 0 aliphatic carbocycles. The molecule has 0 saturated heterocycles. The van der Waals surface area contributed by atoms with Gasteiger partial charge in [-0.25, -0.2) is 8.42 Å². The van der Waals surface area contributed by atoms with Crippen molar-refractivity contribution in [2.75, 3.05) is 22.9 Å². The maximum atomic E-state index is 12.5. The molecule has 0 fully saturated rings. The van der Waals surface area contributed by atoms with E-state index in [1.54, 1.807) is 11.8 Å². The second-order valence-electron chi connectivity index (χ2n) is 6.34. The van der Waals surface area contributed by atoms with Crippen molar-refractivity contribution in [2.45, 2.75) is 18.7 Å². The number of carbonyl (C=O) groups excluding carboxylic acids is 1. The van der Waals surface area contributed by atoms with Crippen molar-refractivity contribution < 1.29 is 18.1 Å². The minimum absolute atomic E-state index is 0.0720. The fourth-order valence-electron chi connectivity index (χ4n) is 2.71. The molecule has 2 rings (SSSR count). The van der Waals surface area contributed by atoms with Gasteiger partial charge in [-0.15, -0.1) is 0 Å².